The van der Waals surface area contributed by atoms with E-state index in [-0.39, 0.29) is 21.9 Å². The molecule has 0 fully saturated rings. The molecule has 0 spiro atoms. The highest BCUT2D eigenvalue weighted by atomic mass is 32.2. The summed E-state index contributed by atoms with van der Waals surface area (Å²) in [6, 6.07) is 39.3. The highest BCUT2D eigenvalue weighted by Crippen LogP contribution is 2.39. The topological polar surface area (TPSA) is 155 Å². The zero-order valence-electron chi connectivity index (χ0n) is 32.7. The standard InChI is InChI=1S/C47H43N3O7S2/c1-4-57-40-21-19-39(20-22-40)48-38-17-15-31(16-18-38)45(46(36-7-5-9-41(25-36)58(51,52)53)49-43-27-32-11-13-34(43)23-29(32)2)47(37-8-6-10-42(26-37)59(54,55)56)50-44-28-33-12-14-35(44)24-30(33)3/h5-26,43-45,48H,4,27-28H2,1-3H3,(H,51,52,53)(H,54,55,56). The first-order chi connectivity index (χ1) is 28.2. The second kappa shape index (κ2) is 16.0. The summed E-state index contributed by atoms with van der Waals surface area (Å²) in [5, 5.41) is 3.44. The molecule has 0 aromatic heterocycles. The molecule has 0 saturated heterocycles. The van der Waals surface area contributed by atoms with E-state index in [9.17, 15) is 25.9 Å². The first-order valence-corrected chi connectivity index (χ1v) is 22.2. The van der Waals surface area contributed by atoms with Crippen LogP contribution in [0.1, 0.15) is 75.0 Å². The maximum absolute atomic E-state index is 12.6. The first kappa shape index (κ1) is 39.9. The Labute approximate surface area is 344 Å². The number of hydrogen-bond acceptors (Lipinski definition) is 8. The maximum atomic E-state index is 12.6. The summed E-state index contributed by atoms with van der Waals surface area (Å²) in [5.41, 5.74) is 10.7. The van der Waals surface area contributed by atoms with Crippen molar-refractivity contribution >= 4 is 43.0 Å². The minimum Gasteiger partial charge on any atom is -0.494 e. The van der Waals surface area contributed by atoms with Gasteiger partial charge in [-0.3, -0.25) is 19.1 Å². The van der Waals surface area contributed by atoms with Gasteiger partial charge in [-0.2, -0.15) is 16.8 Å². The molecular weight excluding hydrogens is 783 g/mol. The van der Waals surface area contributed by atoms with Gasteiger partial charge in [0.1, 0.15) is 5.75 Å². The Morgan fingerprint density at radius 3 is 1.49 bits per heavy atom. The third kappa shape index (κ3) is 8.62. The van der Waals surface area contributed by atoms with Gasteiger partial charge >= 0.3 is 0 Å². The van der Waals surface area contributed by atoms with Crippen molar-refractivity contribution in [1.82, 2.24) is 0 Å². The lowest BCUT2D eigenvalue weighted by Crippen LogP contribution is -2.27. The number of anilines is 2. The van der Waals surface area contributed by atoms with Crippen LogP contribution in [0.3, 0.4) is 0 Å². The summed E-state index contributed by atoms with van der Waals surface area (Å²) in [6.45, 7) is 6.62. The van der Waals surface area contributed by atoms with Crippen molar-refractivity contribution < 1.29 is 30.7 Å². The van der Waals surface area contributed by atoms with Crippen LogP contribution in [0, 0.1) is 13.8 Å². The number of benzene rings is 6. The summed E-state index contributed by atoms with van der Waals surface area (Å²) in [7, 11) is -9.23. The van der Waals surface area contributed by atoms with Crippen LogP contribution in [0.25, 0.3) is 0 Å². The van der Waals surface area contributed by atoms with E-state index in [0.29, 0.717) is 42.0 Å². The second-order valence-electron chi connectivity index (χ2n) is 15.0. The molecule has 0 amide bonds. The molecule has 3 N–H and O–H groups in total. The van der Waals surface area contributed by atoms with Crippen LogP contribution < -0.4 is 10.1 Å². The predicted molar refractivity (Wildman–Crippen MR) is 231 cm³/mol. The summed E-state index contributed by atoms with van der Waals surface area (Å²) >= 11 is 0. The second-order valence-corrected chi connectivity index (χ2v) is 17.8. The maximum Gasteiger partial charge on any atom is 0.294 e. The highest BCUT2D eigenvalue weighted by Gasteiger charge is 2.32. The van der Waals surface area contributed by atoms with E-state index in [1.807, 2.05) is 67.6 Å². The Morgan fingerprint density at radius 2 is 1.10 bits per heavy atom. The summed E-state index contributed by atoms with van der Waals surface area (Å²) in [6.07, 6.45) is 1.23. The van der Waals surface area contributed by atoms with E-state index < -0.39 is 26.2 Å². The quantitative estimate of drug-likeness (QED) is 0.0769. The van der Waals surface area contributed by atoms with Crippen LogP contribution in [0.2, 0.25) is 0 Å². The summed E-state index contributed by atoms with van der Waals surface area (Å²) in [5.74, 6) is -0.0539. The van der Waals surface area contributed by atoms with E-state index in [0.717, 1.165) is 56.1 Å². The lowest BCUT2D eigenvalue weighted by molar-refractivity contribution is 0.340. The molecule has 2 unspecified atom stereocenters. The van der Waals surface area contributed by atoms with Crippen LogP contribution in [0.4, 0.5) is 11.4 Å². The Morgan fingerprint density at radius 1 is 0.644 bits per heavy atom. The van der Waals surface area contributed by atoms with Gasteiger partial charge in [-0.05, 0) is 144 Å². The third-order valence-corrected chi connectivity index (χ3v) is 12.7. The number of rotatable bonds is 13. The molecular formula is C47H43N3O7S2. The van der Waals surface area contributed by atoms with E-state index in [1.165, 1.54) is 24.3 Å². The zero-order chi connectivity index (χ0) is 41.5. The summed E-state index contributed by atoms with van der Waals surface area (Å²) < 4.78 is 76.6. The van der Waals surface area contributed by atoms with Gasteiger partial charge in [-0.1, -0.05) is 72.8 Å². The molecule has 12 heteroatoms. The Balaban J connectivity index is 1.36. The molecule has 0 saturated carbocycles. The molecule has 6 aromatic rings. The number of fused-ring (bicyclic) bond motifs is 6. The smallest absolute Gasteiger partial charge is 0.294 e. The average molecular weight is 826 g/mol. The van der Waals surface area contributed by atoms with Gasteiger partial charge in [-0.15, -0.1) is 0 Å². The van der Waals surface area contributed by atoms with Gasteiger partial charge in [0.25, 0.3) is 20.2 Å². The fourth-order valence-corrected chi connectivity index (χ4v) is 9.03. The molecule has 10 nitrogen and oxygen atoms in total. The van der Waals surface area contributed by atoms with Gasteiger partial charge < -0.3 is 10.1 Å². The zero-order valence-corrected chi connectivity index (χ0v) is 34.3. The first-order valence-electron chi connectivity index (χ1n) is 19.3. The number of hydrogen-bond donors (Lipinski definition) is 3. The number of nitrogens with zero attached hydrogens (tertiary/aromatic N) is 2. The molecule has 4 bridgehead atoms. The van der Waals surface area contributed by atoms with E-state index >= 15 is 0 Å². The fourth-order valence-electron chi connectivity index (χ4n) is 7.97. The number of nitrogens with one attached hydrogen (secondary N) is 1. The normalized spacial score (nSPS) is 16.9. The third-order valence-electron chi connectivity index (χ3n) is 11.0. The minimum absolute atomic E-state index is 0.298. The monoisotopic (exact) mass is 825 g/mol. The Hall–Kier alpha value is -5.92. The van der Waals surface area contributed by atoms with Crippen molar-refractivity contribution in [2.75, 3.05) is 11.9 Å². The number of aliphatic imine (C=N–C) groups is 2. The SMILES string of the molecule is CCOc1ccc(Nc2ccc(C(C(=NC3Cc4ccc3cc4C)c3cccc(S(=O)(=O)O)c3)C(=NC3Cc4ccc3cc4C)c3cccc(S(=O)(=O)O)c3)cc2)cc1. The van der Waals surface area contributed by atoms with Gasteiger partial charge in [0.05, 0.1) is 45.8 Å². The Kier molecular flexibility index (Phi) is 10.8. The highest BCUT2D eigenvalue weighted by molar-refractivity contribution is 7.86. The van der Waals surface area contributed by atoms with Gasteiger partial charge in [0.15, 0.2) is 0 Å². The van der Waals surface area contributed by atoms with Crippen molar-refractivity contribution in [3.05, 3.63) is 184 Å². The van der Waals surface area contributed by atoms with Crippen molar-refractivity contribution in [1.29, 1.82) is 0 Å². The molecule has 0 heterocycles. The molecule has 59 heavy (non-hydrogen) atoms. The van der Waals surface area contributed by atoms with Gasteiger partial charge in [-0.25, -0.2) is 0 Å². The van der Waals surface area contributed by atoms with Crippen LogP contribution in [0.5, 0.6) is 5.75 Å². The lowest BCUT2D eigenvalue weighted by atomic mass is 9.81. The average Bonchev–Trinajstić information content (AvgIpc) is 3.22. The van der Waals surface area contributed by atoms with E-state index in [2.05, 4.69) is 43.4 Å². The number of aryl methyl sites for hydroxylation is 2. The van der Waals surface area contributed by atoms with E-state index in [4.69, 9.17) is 14.7 Å². The molecule has 0 aliphatic heterocycles. The predicted octanol–water partition coefficient (Wildman–Crippen LogP) is 9.60. The van der Waals surface area contributed by atoms with Crippen LogP contribution >= 0.6 is 0 Å². The van der Waals surface area contributed by atoms with Crippen molar-refractivity contribution in [2.24, 2.45) is 9.98 Å². The lowest BCUT2D eigenvalue weighted by Gasteiger charge is -2.30. The minimum atomic E-state index is -4.61. The fraction of sp³-hybridized carbons (Fsp3) is 0.191. The van der Waals surface area contributed by atoms with Crippen molar-refractivity contribution in [2.45, 2.75) is 61.4 Å². The van der Waals surface area contributed by atoms with Crippen LogP contribution in [0.15, 0.2) is 153 Å². The van der Waals surface area contributed by atoms with Crippen molar-refractivity contribution in [3.63, 3.8) is 0 Å². The molecule has 10 rings (SSSR count). The van der Waals surface area contributed by atoms with Gasteiger partial charge in [0.2, 0.25) is 0 Å². The molecule has 300 valence electrons. The van der Waals surface area contributed by atoms with E-state index in [1.54, 1.807) is 24.3 Å². The molecule has 0 radical (unpaired) electrons. The largest absolute Gasteiger partial charge is 0.494 e. The van der Waals surface area contributed by atoms with Crippen LogP contribution in [-0.4, -0.2) is 44.0 Å². The molecule has 4 aliphatic rings. The Bertz CT molecular complexity index is 2710. The molecule has 6 aromatic carbocycles. The summed E-state index contributed by atoms with van der Waals surface area (Å²) in [4.78, 5) is 10.4. The molecule has 2 atom stereocenters. The van der Waals surface area contributed by atoms with Crippen molar-refractivity contribution in [3.8, 4) is 5.75 Å². The number of ether oxygens (including phenoxy) is 1. The van der Waals surface area contributed by atoms with Gasteiger partial charge in [0, 0.05) is 11.4 Å². The van der Waals surface area contributed by atoms with Crippen LogP contribution in [-0.2, 0) is 33.1 Å². The molecule has 4 aliphatic carbocycles.